The second-order valence-electron chi connectivity index (χ2n) is 6.58. The summed E-state index contributed by atoms with van der Waals surface area (Å²) in [7, 11) is -0.929. The number of hydrogen-bond acceptors (Lipinski definition) is 5. The molecule has 0 saturated carbocycles. The van der Waals surface area contributed by atoms with Crippen LogP contribution in [0.1, 0.15) is 29.8 Å². The first-order valence-corrected chi connectivity index (χ1v) is 11.6. The monoisotopic (exact) mass is 464 g/mol. The fraction of sp³-hybridized carbons (Fsp3) is 0.273. The van der Waals surface area contributed by atoms with Gasteiger partial charge in [0, 0.05) is 24.7 Å². The van der Waals surface area contributed by atoms with Crippen molar-refractivity contribution < 1.29 is 23.2 Å². The minimum atomic E-state index is -3.99. The van der Waals surface area contributed by atoms with E-state index in [4.69, 9.17) is 20.6 Å². The summed E-state index contributed by atoms with van der Waals surface area (Å²) in [4.78, 5) is 27.3. The highest BCUT2D eigenvalue weighted by molar-refractivity contribution is 7.65. The Morgan fingerprint density at radius 2 is 1.48 bits per heavy atom. The predicted molar refractivity (Wildman–Crippen MR) is 122 cm³/mol. The third kappa shape index (κ3) is 6.28. The van der Waals surface area contributed by atoms with Crippen molar-refractivity contribution in [3.05, 3.63) is 76.4 Å². The van der Waals surface area contributed by atoms with Crippen LogP contribution in [0, 0.1) is 0 Å². The maximum Gasteiger partial charge on any atom is 0.364 e. The molecule has 0 aliphatic carbocycles. The number of hydrogen-bond donors (Lipinski definition) is 1. The number of amides is 2. The van der Waals surface area contributed by atoms with Gasteiger partial charge in [0.05, 0.1) is 13.2 Å². The maximum atomic E-state index is 13.8. The number of carbonyl (C=O) groups excluding carboxylic acids is 2. The van der Waals surface area contributed by atoms with Crippen molar-refractivity contribution in [1.82, 2.24) is 10.2 Å². The lowest BCUT2D eigenvalue weighted by molar-refractivity contribution is -0.125. The van der Waals surface area contributed by atoms with E-state index >= 15 is 0 Å². The van der Waals surface area contributed by atoms with Crippen LogP contribution < -0.4 is 5.32 Å². The highest BCUT2D eigenvalue weighted by Crippen LogP contribution is 2.61. The van der Waals surface area contributed by atoms with Crippen molar-refractivity contribution in [3.8, 4) is 0 Å². The van der Waals surface area contributed by atoms with E-state index in [1.54, 1.807) is 68.4 Å². The van der Waals surface area contributed by atoms with Crippen LogP contribution in [0.3, 0.4) is 0 Å². The molecule has 2 amide bonds. The molecule has 0 aromatic heterocycles. The molecule has 0 saturated heterocycles. The predicted octanol–water partition coefficient (Wildman–Crippen LogP) is 4.79. The molecule has 0 spiro atoms. The summed E-state index contributed by atoms with van der Waals surface area (Å²) in [5.41, 5.74) is 0.532. The maximum absolute atomic E-state index is 13.8. The van der Waals surface area contributed by atoms with Gasteiger partial charge in [-0.2, -0.15) is 0 Å². The number of nitrogens with zero attached hydrogens (tertiary/aromatic N) is 1. The van der Waals surface area contributed by atoms with Crippen LogP contribution in [-0.4, -0.2) is 44.0 Å². The molecule has 0 fully saturated rings. The van der Waals surface area contributed by atoms with Gasteiger partial charge in [0.1, 0.15) is 11.0 Å². The van der Waals surface area contributed by atoms with Gasteiger partial charge in [-0.25, -0.2) is 0 Å². The molecule has 31 heavy (non-hydrogen) atoms. The molecule has 7 nitrogen and oxygen atoms in total. The highest BCUT2D eigenvalue weighted by atomic mass is 35.5. The van der Waals surface area contributed by atoms with E-state index in [-0.39, 0.29) is 24.2 Å². The van der Waals surface area contributed by atoms with Crippen LogP contribution in [0.2, 0.25) is 5.02 Å². The van der Waals surface area contributed by atoms with Crippen LogP contribution in [-0.2, 0) is 18.4 Å². The molecule has 0 bridgehead atoms. The lowest BCUT2D eigenvalue weighted by Crippen LogP contribution is -2.35. The van der Waals surface area contributed by atoms with Crippen LogP contribution in [0.4, 0.5) is 0 Å². The molecule has 0 aliphatic heterocycles. The van der Waals surface area contributed by atoms with E-state index in [0.717, 1.165) is 0 Å². The quantitative estimate of drug-likeness (QED) is 0.426. The van der Waals surface area contributed by atoms with E-state index in [1.807, 2.05) is 0 Å². The SMILES string of the molecule is CCOP(=O)(OCC)C(=C(NC(=O)c1ccccc1)C(=O)N(C)C)c1ccc(Cl)cc1. The number of nitrogens with one attached hydrogen (secondary N) is 1. The first kappa shape index (κ1) is 24.8. The Morgan fingerprint density at radius 1 is 0.935 bits per heavy atom. The largest absolute Gasteiger partial charge is 0.364 e. The fourth-order valence-corrected chi connectivity index (χ4v) is 4.80. The highest BCUT2D eigenvalue weighted by Gasteiger charge is 2.37. The summed E-state index contributed by atoms with van der Waals surface area (Å²) in [6.07, 6.45) is 0. The molecule has 2 aromatic carbocycles. The topological polar surface area (TPSA) is 84.9 Å². The van der Waals surface area contributed by atoms with Crippen LogP contribution in [0.25, 0.3) is 5.31 Å². The van der Waals surface area contributed by atoms with E-state index in [2.05, 4.69) is 5.32 Å². The molecular formula is C22H26ClN2O5P. The summed E-state index contributed by atoms with van der Waals surface area (Å²) in [5, 5.41) is 3.06. The minimum absolute atomic E-state index is 0.0316. The van der Waals surface area contributed by atoms with Gasteiger partial charge in [0.15, 0.2) is 0 Å². The van der Waals surface area contributed by atoms with Gasteiger partial charge in [0.2, 0.25) is 0 Å². The van der Waals surface area contributed by atoms with Gasteiger partial charge in [0.25, 0.3) is 11.8 Å². The molecule has 2 rings (SSSR count). The number of carbonyl (C=O) groups is 2. The van der Waals surface area contributed by atoms with E-state index in [0.29, 0.717) is 16.1 Å². The van der Waals surface area contributed by atoms with Gasteiger partial charge < -0.3 is 19.3 Å². The Bertz CT molecular complexity index is 981. The zero-order valence-electron chi connectivity index (χ0n) is 17.9. The van der Waals surface area contributed by atoms with Gasteiger partial charge >= 0.3 is 7.60 Å². The van der Waals surface area contributed by atoms with Crippen molar-refractivity contribution in [1.29, 1.82) is 0 Å². The summed E-state index contributed by atoms with van der Waals surface area (Å²) in [6, 6.07) is 14.8. The number of halogens is 1. The molecular weight excluding hydrogens is 439 g/mol. The Labute approximate surface area is 187 Å². The second kappa shape index (κ2) is 11.3. The molecule has 0 atom stereocenters. The molecule has 0 heterocycles. The average Bonchev–Trinajstić information content (AvgIpc) is 2.74. The smallest absolute Gasteiger partial charge is 0.343 e. The molecule has 9 heteroatoms. The first-order valence-electron chi connectivity index (χ1n) is 9.71. The molecule has 0 aliphatic rings. The van der Waals surface area contributed by atoms with Gasteiger partial charge in [-0.1, -0.05) is 41.9 Å². The summed E-state index contributed by atoms with van der Waals surface area (Å²) in [6.45, 7) is 3.48. The number of rotatable bonds is 9. The molecule has 1 N–H and O–H groups in total. The summed E-state index contributed by atoms with van der Waals surface area (Å²) >= 11 is 6.02. The van der Waals surface area contributed by atoms with Gasteiger partial charge in [-0.3, -0.25) is 14.2 Å². The van der Waals surface area contributed by atoms with Crippen molar-refractivity contribution in [2.75, 3.05) is 27.3 Å². The first-order chi connectivity index (χ1) is 14.7. The standard InChI is InChI=1S/C22H26ClN2O5P/c1-5-29-31(28,30-6-2)20(16-12-14-18(23)15-13-16)19(22(27)25(3)4)24-21(26)17-10-8-7-9-11-17/h7-15H,5-6H2,1-4H3,(H,24,26). The number of likely N-dealkylation sites (N-methyl/N-ethyl adjacent to an activating group) is 1. The summed E-state index contributed by atoms with van der Waals surface area (Å²) < 4.78 is 24.9. The minimum Gasteiger partial charge on any atom is -0.343 e. The van der Waals surface area contributed by atoms with Gasteiger partial charge in [-0.15, -0.1) is 0 Å². The van der Waals surface area contributed by atoms with Crippen molar-refractivity contribution in [2.45, 2.75) is 13.8 Å². The zero-order valence-corrected chi connectivity index (χ0v) is 19.6. The average molecular weight is 465 g/mol. The molecule has 2 aromatic rings. The molecule has 0 radical (unpaired) electrons. The third-order valence-electron chi connectivity index (χ3n) is 4.12. The second-order valence-corrected chi connectivity index (χ2v) is 8.98. The lowest BCUT2D eigenvalue weighted by atomic mass is 10.1. The van der Waals surface area contributed by atoms with Crippen LogP contribution in [0.5, 0.6) is 0 Å². The molecule has 0 unspecified atom stereocenters. The Kier molecular flexibility index (Phi) is 9.01. The number of benzene rings is 2. The summed E-state index contributed by atoms with van der Waals surface area (Å²) in [5.74, 6) is -1.09. The Balaban J connectivity index is 2.78. The van der Waals surface area contributed by atoms with E-state index in [1.165, 1.54) is 19.0 Å². The fourth-order valence-electron chi connectivity index (χ4n) is 2.77. The van der Waals surface area contributed by atoms with E-state index in [9.17, 15) is 14.2 Å². The van der Waals surface area contributed by atoms with Gasteiger partial charge in [-0.05, 0) is 43.7 Å². The zero-order chi connectivity index (χ0) is 23.0. The van der Waals surface area contributed by atoms with Crippen molar-refractivity contribution >= 4 is 36.3 Å². The van der Waals surface area contributed by atoms with Crippen LogP contribution >= 0.6 is 19.2 Å². The third-order valence-corrected chi connectivity index (χ3v) is 6.60. The Morgan fingerprint density at radius 3 is 1.97 bits per heavy atom. The van der Waals surface area contributed by atoms with Crippen molar-refractivity contribution in [2.24, 2.45) is 0 Å². The Hall–Kier alpha value is -2.44. The normalized spacial score (nSPS) is 12.2. The van der Waals surface area contributed by atoms with Crippen molar-refractivity contribution in [3.63, 3.8) is 0 Å². The van der Waals surface area contributed by atoms with E-state index < -0.39 is 19.4 Å². The van der Waals surface area contributed by atoms with Crippen LogP contribution in [0.15, 0.2) is 60.3 Å². The molecule has 166 valence electrons. The lowest BCUT2D eigenvalue weighted by Gasteiger charge is -2.25.